The molecule has 0 aliphatic rings. The van der Waals surface area contributed by atoms with E-state index in [9.17, 15) is 18.5 Å². The van der Waals surface area contributed by atoms with Crippen LogP contribution in [0.4, 0.5) is 5.69 Å². The zero-order valence-electron chi connectivity index (χ0n) is 7.60. The Balaban J connectivity index is 3.47. The van der Waals surface area contributed by atoms with Gasteiger partial charge in [0.1, 0.15) is 9.92 Å². The van der Waals surface area contributed by atoms with Crippen molar-refractivity contribution in [3.05, 3.63) is 33.3 Å². The molecule has 1 aromatic carbocycles. The molecule has 82 valence electrons. The van der Waals surface area contributed by atoms with E-state index in [2.05, 4.69) is 0 Å². The minimum atomic E-state index is -3.77. The highest BCUT2D eigenvalue weighted by molar-refractivity contribution is 7.89. The zero-order chi connectivity index (χ0) is 11.6. The first-order valence-corrected chi connectivity index (χ1v) is 5.62. The van der Waals surface area contributed by atoms with Gasteiger partial charge in [0.15, 0.2) is 0 Å². The van der Waals surface area contributed by atoms with Crippen molar-refractivity contribution < 1.29 is 13.3 Å². The molecule has 0 spiro atoms. The maximum Gasteiger partial charge on any atom is 0.289 e. The number of nitro groups is 1. The summed E-state index contributed by atoms with van der Waals surface area (Å²) < 4.78 is 24.8. The van der Waals surface area contributed by atoms with Gasteiger partial charge >= 0.3 is 0 Å². The SMILES string of the molecule is CNS(=O)(=O)c1cccc([N+](=O)[O-])c1Cl. The van der Waals surface area contributed by atoms with E-state index in [1.165, 1.54) is 19.2 Å². The van der Waals surface area contributed by atoms with Crippen molar-refractivity contribution in [1.29, 1.82) is 0 Å². The Morgan fingerprint density at radius 1 is 1.47 bits per heavy atom. The lowest BCUT2D eigenvalue weighted by atomic mass is 10.3. The predicted molar refractivity (Wildman–Crippen MR) is 54.4 cm³/mol. The summed E-state index contributed by atoms with van der Waals surface area (Å²) in [6.07, 6.45) is 0. The summed E-state index contributed by atoms with van der Waals surface area (Å²) in [5.74, 6) is 0. The molecule has 0 aliphatic carbocycles. The minimum Gasteiger partial charge on any atom is -0.258 e. The molecule has 0 radical (unpaired) electrons. The van der Waals surface area contributed by atoms with E-state index >= 15 is 0 Å². The third-order valence-electron chi connectivity index (χ3n) is 1.70. The summed E-state index contributed by atoms with van der Waals surface area (Å²) in [7, 11) is -2.57. The number of sulfonamides is 1. The van der Waals surface area contributed by atoms with E-state index in [-0.39, 0.29) is 4.90 Å². The van der Waals surface area contributed by atoms with Gasteiger partial charge < -0.3 is 0 Å². The lowest BCUT2D eigenvalue weighted by molar-refractivity contribution is -0.384. The van der Waals surface area contributed by atoms with Gasteiger partial charge in [-0.1, -0.05) is 17.7 Å². The largest absolute Gasteiger partial charge is 0.289 e. The van der Waals surface area contributed by atoms with Crippen molar-refractivity contribution in [2.45, 2.75) is 4.90 Å². The van der Waals surface area contributed by atoms with Crippen molar-refractivity contribution >= 4 is 27.3 Å². The fraction of sp³-hybridized carbons (Fsp3) is 0.143. The lowest BCUT2D eigenvalue weighted by Crippen LogP contribution is -2.19. The van der Waals surface area contributed by atoms with Crippen LogP contribution in [-0.2, 0) is 10.0 Å². The van der Waals surface area contributed by atoms with Crippen LogP contribution in [0, 0.1) is 10.1 Å². The molecule has 1 N–H and O–H groups in total. The fourth-order valence-electron chi connectivity index (χ4n) is 0.958. The molecule has 0 atom stereocenters. The molecular weight excluding hydrogens is 244 g/mol. The first-order chi connectivity index (χ1) is 6.90. The molecule has 0 aliphatic heterocycles. The van der Waals surface area contributed by atoms with Crippen molar-refractivity contribution in [2.75, 3.05) is 7.05 Å². The molecular formula is C7H7ClN2O4S. The van der Waals surface area contributed by atoms with E-state index in [1.807, 2.05) is 4.72 Å². The van der Waals surface area contributed by atoms with Crippen LogP contribution in [0.2, 0.25) is 5.02 Å². The predicted octanol–water partition coefficient (Wildman–Crippen LogP) is 1.16. The topological polar surface area (TPSA) is 89.3 Å². The van der Waals surface area contributed by atoms with E-state index in [1.54, 1.807) is 0 Å². The molecule has 0 saturated heterocycles. The Bertz CT molecular complexity index is 500. The third kappa shape index (κ3) is 2.25. The summed E-state index contributed by atoms with van der Waals surface area (Å²) in [4.78, 5) is 9.45. The molecule has 0 amide bonds. The molecule has 6 nitrogen and oxygen atoms in total. The van der Waals surface area contributed by atoms with Crippen LogP contribution in [0.3, 0.4) is 0 Å². The maximum absolute atomic E-state index is 11.4. The summed E-state index contributed by atoms with van der Waals surface area (Å²) in [6.45, 7) is 0. The first-order valence-electron chi connectivity index (χ1n) is 3.76. The first kappa shape index (κ1) is 11.9. The number of nitrogens with zero attached hydrogens (tertiary/aromatic N) is 1. The van der Waals surface area contributed by atoms with Gasteiger partial charge in [0.2, 0.25) is 10.0 Å². The molecule has 1 aromatic rings. The molecule has 8 heteroatoms. The van der Waals surface area contributed by atoms with Gasteiger partial charge in [-0.25, -0.2) is 13.1 Å². The Kier molecular flexibility index (Phi) is 3.28. The van der Waals surface area contributed by atoms with Gasteiger partial charge in [0.25, 0.3) is 5.69 Å². The third-order valence-corrected chi connectivity index (χ3v) is 3.66. The van der Waals surface area contributed by atoms with Gasteiger partial charge in [0, 0.05) is 6.07 Å². The van der Waals surface area contributed by atoms with Crippen LogP contribution in [0.15, 0.2) is 23.1 Å². The highest BCUT2D eigenvalue weighted by atomic mass is 35.5. The van der Waals surface area contributed by atoms with Crippen LogP contribution in [0.25, 0.3) is 0 Å². The average Bonchev–Trinajstić information content (AvgIpc) is 2.17. The number of nitrogens with one attached hydrogen (secondary N) is 1. The summed E-state index contributed by atoms with van der Waals surface area (Å²) in [5.41, 5.74) is -0.437. The number of hydrogen-bond acceptors (Lipinski definition) is 4. The number of hydrogen-bond donors (Lipinski definition) is 1. The van der Waals surface area contributed by atoms with Crippen LogP contribution < -0.4 is 4.72 Å². The smallest absolute Gasteiger partial charge is 0.258 e. The summed E-state index contributed by atoms with van der Waals surface area (Å²) >= 11 is 5.61. The van der Waals surface area contributed by atoms with Crippen molar-refractivity contribution in [1.82, 2.24) is 4.72 Å². The fourth-order valence-corrected chi connectivity index (χ4v) is 2.28. The second kappa shape index (κ2) is 4.13. The zero-order valence-corrected chi connectivity index (χ0v) is 9.17. The molecule has 0 saturated carbocycles. The van der Waals surface area contributed by atoms with Crippen LogP contribution in [0.5, 0.6) is 0 Å². The van der Waals surface area contributed by atoms with Crippen LogP contribution in [-0.4, -0.2) is 20.4 Å². The van der Waals surface area contributed by atoms with E-state index < -0.39 is 25.7 Å². The average molecular weight is 251 g/mol. The maximum atomic E-state index is 11.4. The number of nitro benzene ring substituents is 1. The normalized spacial score (nSPS) is 11.3. The highest BCUT2D eigenvalue weighted by Gasteiger charge is 2.22. The number of benzene rings is 1. The highest BCUT2D eigenvalue weighted by Crippen LogP contribution is 2.30. The Labute approximate surface area is 91.1 Å². The molecule has 0 unspecified atom stereocenters. The molecule has 0 heterocycles. The van der Waals surface area contributed by atoms with E-state index in [0.717, 1.165) is 6.07 Å². The Morgan fingerprint density at radius 3 is 2.53 bits per heavy atom. The monoisotopic (exact) mass is 250 g/mol. The molecule has 15 heavy (non-hydrogen) atoms. The van der Waals surface area contributed by atoms with Gasteiger partial charge in [0.05, 0.1) is 4.92 Å². The van der Waals surface area contributed by atoms with Gasteiger partial charge in [-0.3, -0.25) is 10.1 Å². The van der Waals surface area contributed by atoms with Gasteiger partial charge in [-0.05, 0) is 13.1 Å². The number of halogens is 1. The van der Waals surface area contributed by atoms with Crippen LogP contribution in [0.1, 0.15) is 0 Å². The van der Waals surface area contributed by atoms with Crippen molar-refractivity contribution in [3.8, 4) is 0 Å². The number of rotatable bonds is 3. The Hall–Kier alpha value is -1.18. The second-order valence-corrected chi connectivity index (χ2v) is 4.79. The van der Waals surface area contributed by atoms with Gasteiger partial charge in [-0.15, -0.1) is 0 Å². The molecule has 0 fully saturated rings. The van der Waals surface area contributed by atoms with Gasteiger partial charge in [-0.2, -0.15) is 0 Å². The minimum absolute atomic E-state index is 0.305. The quantitative estimate of drug-likeness (QED) is 0.644. The van der Waals surface area contributed by atoms with E-state index in [4.69, 9.17) is 11.6 Å². The molecule has 0 aromatic heterocycles. The lowest BCUT2D eigenvalue weighted by Gasteiger charge is -2.04. The van der Waals surface area contributed by atoms with E-state index in [0.29, 0.717) is 0 Å². The Morgan fingerprint density at radius 2 is 2.07 bits per heavy atom. The summed E-state index contributed by atoms with van der Waals surface area (Å²) in [6, 6.07) is 3.59. The standard InChI is InChI=1S/C7H7ClN2O4S/c1-9-15(13,14)6-4-2-3-5(7(6)8)10(11)12/h2-4,9H,1H3. The molecule has 0 bridgehead atoms. The van der Waals surface area contributed by atoms with Crippen molar-refractivity contribution in [3.63, 3.8) is 0 Å². The molecule has 1 rings (SSSR count). The van der Waals surface area contributed by atoms with Crippen molar-refractivity contribution in [2.24, 2.45) is 0 Å². The van der Waals surface area contributed by atoms with Crippen LogP contribution >= 0.6 is 11.6 Å². The summed E-state index contributed by atoms with van der Waals surface area (Å²) in [5, 5.41) is 10.1. The second-order valence-electron chi connectivity index (χ2n) is 2.55.